The average molecular weight is 301 g/mol. The molecule has 1 aromatic carbocycles. The van der Waals surface area contributed by atoms with Crippen LogP contribution in [0.15, 0.2) is 22.7 Å². The van der Waals surface area contributed by atoms with Crippen molar-refractivity contribution in [2.45, 2.75) is 27.1 Å². The van der Waals surface area contributed by atoms with E-state index in [-0.39, 0.29) is 5.78 Å². The Morgan fingerprint density at radius 3 is 2.47 bits per heavy atom. The summed E-state index contributed by atoms with van der Waals surface area (Å²) in [6.45, 7) is 4.34. The highest BCUT2D eigenvalue weighted by Crippen LogP contribution is 2.24. The molecule has 0 amide bonds. The molecule has 0 saturated carbocycles. The first-order valence-electron chi connectivity index (χ1n) is 5.04. The van der Waals surface area contributed by atoms with Gasteiger partial charge < -0.3 is 9.47 Å². The molecular formula is C12H13BrO4. The van der Waals surface area contributed by atoms with Crippen molar-refractivity contribution < 1.29 is 19.1 Å². The Balaban J connectivity index is 2.90. The van der Waals surface area contributed by atoms with Gasteiger partial charge in [-0.15, -0.1) is 0 Å². The molecule has 0 fully saturated rings. The summed E-state index contributed by atoms with van der Waals surface area (Å²) < 4.78 is 11.0. The van der Waals surface area contributed by atoms with Crippen LogP contribution in [0.1, 0.15) is 31.1 Å². The van der Waals surface area contributed by atoms with Gasteiger partial charge in [0.15, 0.2) is 5.78 Å². The molecule has 0 aliphatic heterocycles. The Kier molecular flexibility index (Phi) is 4.69. The second kappa shape index (κ2) is 5.82. The summed E-state index contributed by atoms with van der Waals surface area (Å²) in [6.07, 6.45) is -0.730. The third-order valence-corrected chi connectivity index (χ3v) is 2.44. The predicted octanol–water partition coefficient (Wildman–Crippen LogP) is 2.94. The second-order valence-corrected chi connectivity index (χ2v) is 4.41. The molecule has 1 aromatic rings. The Morgan fingerprint density at radius 1 is 1.29 bits per heavy atom. The minimum absolute atomic E-state index is 0.115. The molecule has 0 saturated heterocycles. The number of esters is 1. The van der Waals surface area contributed by atoms with Crippen LogP contribution in [0.3, 0.4) is 0 Å². The van der Waals surface area contributed by atoms with E-state index in [1.165, 1.54) is 13.8 Å². The zero-order valence-electron chi connectivity index (χ0n) is 9.82. The minimum Gasteiger partial charge on any atom is -0.454 e. The Bertz CT molecular complexity index is 442. The lowest BCUT2D eigenvalue weighted by molar-refractivity contribution is -0.158. The monoisotopic (exact) mass is 300 g/mol. The Labute approximate surface area is 108 Å². The Hall–Kier alpha value is -1.36. The summed E-state index contributed by atoms with van der Waals surface area (Å²) in [4.78, 5) is 22.2. The lowest BCUT2D eigenvalue weighted by atomic mass is 10.1. The zero-order chi connectivity index (χ0) is 13.0. The number of rotatable bonds is 4. The van der Waals surface area contributed by atoms with Crippen molar-refractivity contribution >= 4 is 27.7 Å². The van der Waals surface area contributed by atoms with Crippen molar-refractivity contribution in [3.8, 4) is 5.75 Å². The minimum atomic E-state index is -0.730. The molecule has 0 aromatic heterocycles. The van der Waals surface area contributed by atoms with Crippen LogP contribution in [0.5, 0.6) is 5.75 Å². The molecule has 0 spiro atoms. The van der Waals surface area contributed by atoms with Crippen molar-refractivity contribution in [1.82, 2.24) is 0 Å². The standard InChI is InChI=1S/C12H13BrO4/c1-7(14)11-6-10(13)4-5-12(11)17-9(3)16-8(2)15/h4-6,9H,1-3H3. The average Bonchev–Trinajstić information content (AvgIpc) is 2.19. The molecule has 1 rings (SSSR count). The number of halogens is 1. The second-order valence-electron chi connectivity index (χ2n) is 3.49. The van der Waals surface area contributed by atoms with E-state index >= 15 is 0 Å². The number of ether oxygens (including phenoxy) is 2. The van der Waals surface area contributed by atoms with Crippen LogP contribution in [0.4, 0.5) is 0 Å². The topological polar surface area (TPSA) is 52.6 Å². The third-order valence-electron chi connectivity index (χ3n) is 1.95. The maximum atomic E-state index is 11.4. The van der Waals surface area contributed by atoms with Crippen LogP contribution in [0.25, 0.3) is 0 Å². The van der Waals surface area contributed by atoms with Crippen molar-refractivity contribution in [2.75, 3.05) is 0 Å². The summed E-state index contributed by atoms with van der Waals surface area (Å²) in [5.74, 6) is -0.148. The molecule has 4 nitrogen and oxygen atoms in total. The van der Waals surface area contributed by atoms with Crippen LogP contribution in [0, 0.1) is 0 Å². The number of hydrogen-bond acceptors (Lipinski definition) is 4. The summed E-state index contributed by atoms with van der Waals surface area (Å²) in [7, 11) is 0. The zero-order valence-corrected chi connectivity index (χ0v) is 11.4. The summed E-state index contributed by atoms with van der Waals surface area (Å²) in [5, 5.41) is 0. The van der Waals surface area contributed by atoms with Gasteiger partial charge in [0, 0.05) is 18.3 Å². The summed E-state index contributed by atoms with van der Waals surface area (Å²) >= 11 is 3.28. The molecule has 0 aliphatic rings. The number of carbonyl (C=O) groups is 2. The fourth-order valence-corrected chi connectivity index (χ4v) is 1.68. The van der Waals surface area contributed by atoms with Gasteiger partial charge in [-0.2, -0.15) is 0 Å². The van der Waals surface area contributed by atoms with Crippen LogP contribution in [-0.4, -0.2) is 18.0 Å². The fourth-order valence-electron chi connectivity index (χ4n) is 1.32. The highest BCUT2D eigenvalue weighted by Gasteiger charge is 2.13. The lowest BCUT2D eigenvalue weighted by Crippen LogP contribution is -2.20. The number of Topliss-reactive ketones (excluding diaryl/α,β-unsaturated/α-hetero) is 1. The first-order chi connectivity index (χ1) is 7.90. The van der Waals surface area contributed by atoms with Crippen LogP contribution in [0.2, 0.25) is 0 Å². The van der Waals surface area contributed by atoms with Crippen LogP contribution >= 0.6 is 15.9 Å². The van der Waals surface area contributed by atoms with Gasteiger partial charge in [-0.25, -0.2) is 0 Å². The van der Waals surface area contributed by atoms with E-state index in [1.807, 2.05) is 0 Å². The molecule has 0 radical (unpaired) electrons. The third kappa shape index (κ3) is 4.19. The van der Waals surface area contributed by atoms with Crippen LogP contribution < -0.4 is 4.74 Å². The van der Waals surface area contributed by atoms with Crippen molar-refractivity contribution in [1.29, 1.82) is 0 Å². The van der Waals surface area contributed by atoms with E-state index in [0.717, 1.165) is 4.47 Å². The van der Waals surface area contributed by atoms with Crippen LogP contribution in [-0.2, 0) is 9.53 Å². The maximum absolute atomic E-state index is 11.4. The number of hydrogen-bond donors (Lipinski definition) is 0. The van der Waals surface area contributed by atoms with Crippen molar-refractivity contribution in [3.63, 3.8) is 0 Å². The first-order valence-corrected chi connectivity index (χ1v) is 5.84. The van der Waals surface area contributed by atoms with Gasteiger partial charge in [0.05, 0.1) is 5.56 Å². The van der Waals surface area contributed by atoms with Gasteiger partial charge in [0.1, 0.15) is 5.75 Å². The molecule has 92 valence electrons. The van der Waals surface area contributed by atoms with Crippen molar-refractivity contribution in [2.24, 2.45) is 0 Å². The predicted molar refractivity (Wildman–Crippen MR) is 66.0 cm³/mol. The van der Waals surface area contributed by atoms with Gasteiger partial charge in [-0.3, -0.25) is 9.59 Å². The van der Waals surface area contributed by atoms with E-state index in [2.05, 4.69) is 15.9 Å². The number of benzene rings is 1. The van der Waals surface area contributed by atoms with E-state index in [1.54, 1.807) is 25.1 Å². The highest BCUT2D eigenvalue weighted by atomic mass is 79.9. The van der Waals surface area contributed by atoms with Gasteiger partial charge in [0.2, 0.25) is 6.29 Å². The van der Waals surface area contributed by atoms with E-state index in [4.69, 9.17) is 9.47 Å². The molecular weight excluding hydrogens is 288 g/mol. The smallest absolute Gasteiger partial charge is 0.305 e. The molecule has 0 heterocycles. The fraction of sp³-hybridized carbons (Fsp3) is 0.333. The molecule has 17 heavy (non-hydrogen) atoms. The molecule has 0 aliphatic carbocycles. The molecule has 5 heteroatoms. The van der Waals surface area contributed by atoms with Gasteiger partial charge >= 0.3 is 5.97 Å². The quantitative estimate of drug-likeness (QED) is 0.487. The number of ketones is 1. The normalized spacial score (nSPS) is 11.8. The highest BCUT2D eigenvalue weighted by molar-refractivity contribution is 9.10. The molecule has 1 unspecified atom stereocenters. The Morgan fingerprint density at radius 2 is 1.94 bits per heavy atom. The van der Waals surface area contributed by atoms with E-state index in [9.17, 15) is 9.59 Å². The molecule has 1 atom stereocenters. The van der Waals surface area contributed by atoms with Crippen molar-refractivity contribution in [3.05, 3.63) is 28.2 Å². The van der Waals surface area contributed by atoms with E-state index in [0.29, 0.717) is 11.3 Å². The number of carbonyl (C=O) groups excluding carboxylic acids is 2. The van der Waals surface area contributed by atoms with E-state index < -0.39 is 12.3 Å². The SMILES string of the molecule is CC(=O)OC(C)Oc1ccc(Br)cc1C(C)=O. The van der Waals surface area contributed by atoms with Gasteiger partial charge in [-0.1, -0.05) is 15.9 Å². The lowest BCUT2D eigenvalue weighted by Gasteiger charge is -2.16. The van der Waals surface area contributed by atoms with Gasteiger partial charge in [-0.05, 0) is 25.1 Å². The summed E-state index contributed by atoms with van der Waals surface area (Å²) in [6, 6.07) is 5.07. The summed E-state index contributed by atoms with van der Waals surface area (Å²) in [5.41, 5.74) is 0.443. The molecule has 0 N–H and O–H groups in total. The largest absolute Gasteiger partial charge is 0.454 e. The van der Waals surface area contributed by atoms with Gasteiger partial charge in [0.25, 0.3) is 0 Å². The first kappa shape index (κ1) is 13.7. The molecule has 0 bridgehead atoms. The maximum Gasteiger partial charge on any atom is 0.305 e.